The van der Waals surface area contributed by atoms with Crippen LogP contribution in [0.15, 0.2) is 28.9 Å². The van der Waals surface area contributed by atoms with Crippen molar-refractivity contribution in [3.63, 3.8) is 0 Å². The van der Waals surface area contributed by atoms with Crippen molar-refractivity contribution in [2.24, 2.45) is 4.99 Å². The van der Waals surface area contributed by atoms with Gasteiger partial charge in [0.15, 0.2) is 0 Å². The third-order valence-electron chi connectivity index (χ3n) is 2.76. The first kappa shape index (κ1) is 7.74. The minimum absolute atomic E-state index is 0.832. The van der Waals surface area contributed by atoms with Gasteiger partial charge in [-0.1, -0.05) is 6.07 Å². The smallest absolute Gasteiger partial charge is 0.0896 e. The summed E-state index contributed by atoms with van der Waals surface area (Å²) in [6.45, 7) is 0.832. The normalized spacial score (nSPS) is 18.6. The van der Waals surface area contributed by atoms with Gasteiger partial charge in [0.2, 0.25) is 0 Å². The van der Waals surface area contributed by atoms with E-state index in [4.69, 9.17) is 0 Å². The van der Waals surface area contributed by atoms with Gasteiger partial charge in [0.1, 0.15) is 0 Å². The van der Waals surface area contributed by atoms with E-state index in [2.05, 4.69) is 21.4 Å². The lowest BCUT2D eigenvalue weighted by molar-refractivity contribution is 0.846. The van der Waals surface area contributed by atoms with Crippen molar-refractivity contribution in [2.45, 2.75) is 12.8 Å². The topological polar surface area (TPSA) is 37.3 Å². The zero-order valence-electron chi connectivity index (χ0n) is 7.83. The molecule has 0 spiro atoms. The van der Waals surface area contributed by atoms with E-state index in [1.807, 2.05) is 12.3 Å². The molecule has 1 aromatic rings. The Kier molecular flexibility index (Phi) is 1.63. The highest BCUT2D eigenvalue weighted by Crippen LogP contribution is 2.28. The van der Waals surface area contributed by atoms with Crippen molar-refractivity contribution in [2.75, 3.05) is 6.54 Å². The van der Waals surface area contributed by atoms with Gasteiger partial charge in [-0.05, 0) is 30.0 Å². The molecule has 1 N–H and O–H groups in total. The Balaban J connectivity index is 2.14. The van der Waals surface area contributed by atoms with E-state index in [1.165, 1.54) is 16.8 Å². The molecule has 0 unspecified atom stereocenters. The van der Waals surface area contributed by atoms with Crippen LogP contribution >= 0.6 is 0 Å². The molecule has 0 amide bonds. The summed E-state index contributed by atoms with van der Waals surface area (Å²) >= 11 is 0. The Hall–Kier alpha value is -1.64. The Morgan fingerprint density at radius 1 is 1.29 bits per heavy atom. The van der Waals surface area contributed by atoms with E-state index < -0.39 is 0 Å². The van der Waals surface area contributed by atoms with Crippen molar-refractivity contribution in [1.82, 2.24) is 10.3 Å². The van der Waals surface area contributed by atoms with E-state index >= 15 is 0 Å². The molecule has 3 nitrogen and oxygen atoms in total. The number of hydrogen-bond donors (Lipinski definition) is 1. The minimum atomic E-state index is 0.832. The van der Waals surface area contributed by atoms with Crippen LogP contribution < -0.4 is 5.32 Å². The molecule has 70 valence electrons. The number of pyridine rings is 1. The number of aryl methyl sites for hydroxylation is 1. The second kappa shape index (κ2) is 2.94. The summed E-state index contributed by atoms with van der Waals surface area (Å²) in [4.78, 5) is 8.63. The van der Waals surface area contributed by atoms with Crippen LogP contribution in [0.1, 0.15) is 17.7 Å². The highest BCUT2D eigenvalue weighted by atomic mass is 15.0. The van der Waals surface area contributed by atoms with E-state index in [-0.39, 0.29) is 0 Å². The zero-order valence-corrected chi connectivity index (χ0v) is 7.83. The first-order valence-corrected chi connectivity index (χ1v) is 4.86. The summed E-state index contributed by atoms with van der Waals surface area (Å²) in [7, 11) is 0. The molecule has 0 aromatic carbocycles. The van der Waals surface area contributed by atoms with Crippen LogP contribution in [-0.4, -0.2) is 17.9 Å². The number of aromatic nitrogens is 1. The summed E-state index contributed by atoms with van der Waals surface area (Å²) < 4.78 is 0. The molecule has 0 saturated heterocycles. The van der Waals surface area contributed by atoms with Crippen LogP contribution in [0, 0.1) is 0 Å². The molecule has 3 heteroatoms. The fraction of sp³-hybridized carbons (Fsp3) is 0.273. The maximum atomic E-state index is 4.42. The first-order valence-electron chi connectivity index (χ1n) is 4.86. The lowest BCUT2D eigenvalue weighted by Gasteiger charge is -2.23. The minimum Gasteiger partial charge on any atom is -0.345 e. The maximum absolute atomic E-state index is 4.42. The average Bonchev–Trinajstić information content (AvgIpc) is 2.29. The van der Waals surface area contributed by atoms with E-state index in [9.17, 15) is 0 Å². The highest BCUT2D eigenvalue weighted by molar-refractivity contribution is 5.81. The SMILES string of the molecule is C1=NCC2=C(N1)c1ncccc1CC2. The molecule has 1 aliphatic carbocycles. The predicted octanol–water partition coefficient (Wildman–Crippen LogP) is 1.37. The molecular weight excluding hydrogens is 174 g/mol. The van der Waals surface area contributed by atoms with Crippen LogP contribution in [0.25, 0.3) is 5.70 Å². The molecule has 1 aromatic heterocycles. The Bertz CT molecular complexity index is 432. The average molecular weight is 185 g/mol. The van der Waals surface area contributed by atoms with Crippen LogP contribution in [0.3, 0.4) is 0 Å². The standard InChI is InChI=1S/C11H11N3/c1-2-8-3-4-9-6-12-7-14-11(9)10(8)13-5-1/h1-2,5,7H,3-4,6H2,(H,12,14). The molecule has 14 heavy (non-hydrogen) atoms. The molecule has 0 atom stereocenters. The van der Waals surface area contributed by atoms with Gasteiger partial charge in [-0.15, -0.1) is 0 Å². The Labute approximate surface area is 82.6 Å². The first-order chi connectivity index (χ1) is 6.95. The molecule has 0 bridgehead atoms. The number of nitrogens with one attached hydrogen (secondary N) is 1. The largest absolute Gasteiger partial charge is 0.345 e. The van der Waals surface area contributed by atoms with Gasteiger partial charge < -0.3 is 5.32 Å². The van der Waals surface area contributed by atoms with Gasteiger partial charge in [0.05, 0.1) is 24.3 Å². The number of rotatable bonds is 0. The lowest BCUT2D eigenvalue weighted by Crippen LogP contribution is -2.23. The van der Waals surface area contributed by atoms with E-state index in [0.717, 1.165) is 25.1 Å². The fourth-order valence-electron chi connectivity index (χ4n) is 2.04. The van der Waals surface area contributed by atoms with E-state index in [1.54, 1.807) is 6.34 Å². The van der Waals surface area contributed by atoms with Crippen molar-refractivity contribution in [3.05, 3.63) is 35.2 Å². The molecule has 3 rings (SSSR count). The van der Waals surface area contributed by atoms with Gasteiger partial charge in [0.25, 0.3) is 0 Å². The van der Waals surface area contributed by atoms with Crippen molar-refractivity contribution < 1.29 is 0 Å². The lowest BCUT2D eigenvalue weighted by atomic mass is 9.92. The molecule has 0 fully saturated rings. The monoisotopic (exact) mass is 185 g/mol. The summed E-state index contributed by atoms with van der Waals surface area (Å²) in [5, 5.41) is 3.20. The van der Waals surface area contributed by atoms with Crippen molar-refractivity contribution >= 4 is 12.0 Å². The van der Waals surface area contributed by atoms with Gasteiger partial charge in [-0.25, -0.2) is 0 Å². The molecule has 1 aliphatic heterocycles. The summed E-state index contributed by atoms with van der Waals surface area (Å²) in [5.41, 5.74) is 5.02. The zero-order chi connectivity index (χ0) is 9.38. The third kappa shape index (κ3) is 1.05. The number of fused-ring (bicyclic) bond motifs is 2. The molecule has 2 heterocycles. The molecule has 2 aliphatic rings. The van der Waals surface area contributed by atoms with Crippen LogP contribution in [-0.2, 0) is 6.42 Å². The number of hydrogen-bond acceptors (Lipinski definition) is 3. The Morgan fingerprint density at radius 2 is 2.29 bits per heavy atom. The van der Waals surface area contributed by atoms with Gasteiger partial charge >= 0.3 is 0 Å². The van der Waals surface area contributed by atoms with Crippen LogP contribution in [0.5, 0.6) is 0 Å². The van der Waals surface area contributed by atoms with Crippen molar-refractivity contribution in [1.29, 1.82) is 0 Å². The Morgan fingerprint density at radius 3 is 3.29 bits per heavy atom. The second-order valence-electron chi connectivity index (χ2n) is 3.60. The summed E-state index contributed by atoms with van der Waals surface area (Å²) in [5.74, 6) is 0. The second-order valence-corrected chi connectivity index (χ2v) is 3.60. The predicted molar refractivity (Wildman–Crippen MR) is 56.0 cm³/mol. The van der Waals surface area contributed by atoms with Crippen LogP contribution in [0.4, 0.5) is 0 Å². The molecule has 0 radical (unpaired) electrons. The number of nitrogens with zero attached hydrogens (tertiary/aromatic N) is 2. The maximum Gasteiger partial charge on any atom is 0.0896 e. The summed E-state index contributed by atoms with van der Waals surface area (Å²) in [6.07, 6.45) is 5.82. The third-order valence-corrected chi connectivity index (χ3v) is 2.76. The van der Waals surface area contributed by atoms with Gasteiger partial charge in [-0.3, -0.25) is 9.98 Å². The van der Waals surface area contributed by atoms with Crippen molar-refractivity contribution in [3.8, 4) is 0 Å². The van der Waals surface area contributed by atoms with Crippen LogP contribution in [0.2, 0.25) is 0 Å². The fourth-order valence-corrected chi connectivity index (χ4v) is 2.04. The molecule has 0 saturated carbocycles. The number of aliphatic imine (C=N–C) groups is 1. The van der Waals surface area contributed by atoms with E-state index in [0.29, 0.717) is 0 Å². The molecular formula is C11H11N3. The summed E-state index contributed by atoms with van der Waals surface area (Å²) in [6, 6.07) is 4.15. The quantitative estimate of drug-likeness (QED) is 0.662. The highest BCUT2D eigenvalue weighted by Gasteiger charge is 2.20. The van der Waals surface area contributed by atoms with Gasteiger partial charge in [0, 0.05) is 6.20 Å². The van der Waals surface area contributed by atoms with Gasteiger partial charge in [-0.2, -0.15) is 0 Å².